The van der Waals surface area contributed by atoms with E-state index in [-0.39, 0.29) is 33.4 Å². The van der Waals surface area contributed by atoms with Crippen molar-refractivity contribution in [1.82, 2.24) is 24.5 Å². The van der Waals surface area contributed by atoms with Crippen molar-refractivity contribution in [2.24, 2.45) is 0 Å². The number of anilines is 4. The predicted octanol–water partition coefficient (Wildman–Crippen LogP) is 2.63. The summed E-state index contributed by atoms with van der Waals surface area (Å²) in [5.41, 5.74) is 1.59. The number of imidazole rings is 1. The molecule has 0 saturated carbocycles. The molecule has 3 aromatic carbocycles. The van der Waals surface area contributed by atoms with Gasteiger partial charge in [-0.25, -0.2) is 27.7 Å². The molecule has 5 rings (SSSR count). The highest BCUT2D eigenvalue weighted by molar-refractivity contribution is 7.92. The molecule has 0 radical (unpaired) electrons. The number of rotatable bonds is 7. The zero-order valence-corrected chi connectivity index (χ0v) is 19.1. The molecular formula is C22H18N8O5S. The maximum atomic E-state index is 12.7. The second kappa shape index (κ2) is 9.10. The van der Waals surface area contributed by atoms with Crippen LogP contribution in [0.5, 0.6) is 0 Å². The molecule has 0 aliphatic carbocycles. The third kappa shape index (κ3) is 4.58. The maximum Gasteiger partial charge on any atom is 0.333 e. The lowest BCUT2D eigenvalue weighted by Crippen LogP contribution is -2.18. The molecule has 0 spiro atoms. The summed E-state index contributed by atoms with van der Waals surface area (Å²) in [6, 6.07) is 18.5. The van der Waals surface area contributed by atoms with E-state index in [9.17, 15) is 13.2 Å². The third-order valence-electron chi connectivity index (χ3n) is 5.10. The number of H-pyrrole nitrogens is 1. The van der Waals surface area contributed by atoms with E-state index in [1.807, 2.05) is 0 Å². The van der Waals surface area contributed by atoms with Gasteiger partial charge in [-0.3, -0.25) is 15.1 Å². The monoisotopic (exact) mass is 506 g/mol. The van der Waals surface area contributed by atoms with E-state index in [2.05, 4.69) is 30.0 Å². The molecule has 0 aliphatic heterocycles. The second-order valence-electron chi connectivity index (χ2n) is 7.49. The fourth-order valence-corrected chi connectivity index (χ4v) is 4.52. The van der Waals surface area contributed by atoms with E-state index < -0.39 is 15.7 Å². The Kier molecular flexibility index (Phi) is 5.81. The van der Waals surface area contributed by atoms with E-state index in [0.29, 0.717) is 16.7 Å². The second-order valence-corrected chi connectivity index (χ2v) is 9.17. The summed E-state index contributed by atoms with van der Waals surface area (Å²) >= 11 is 0. The SMILES string of the molecule is O=c1[nH]c2ccccc2n1-c1ncnc(Nc2cccc(NS(=O)(=O)c3ccc(N(O)O)cc3)c2)n1. The molecule has 2 aromatic heterocycles. The average Bonchev–Trinajstić information content (AvgIpc) is 3.20. The summed E-state index contributed by atoms with van der Waals surface area (Å²) in [6.07, 6.45) is 1.26. The standard InChI is InChI=1S/C22H18N8O5S/c31-22-26-18-6-1-2-7-19(18)29(22)21-24-13-23-20(27-21)25-14-4-3-5-15(12-14)28-36(34,35)17-10-8-16(9-11-17)30(32)33/h1-13,28,32-33H,(H,26,31)(H,23,24,25,27). The first-order valence-corrected chi connectivity index (χ1v) is 11.9. The van der Waals surface area contributed by atoms with Gasteiger partial charge in [0.2, 0.25) is 11.9 Å². The van der Waals surface area contributed by atoms with E-state index in [1.54, 1.807) is 42.5 Å². The van der Waals surface area contributed by atoms with Crippen LogP contribution in [-0.2, 0) is 10.0 Å². The minimum absolute atomic E-state index is 0.00627. The number of aromatic amines is 1. The summed E-state index contributed by atoms with van der Waals surface area (Å²) in [6.45, 7) is 0. The highest BCUT2D eigenvalue weighted by Crippen LogP contribution is 2.23. The van der Waals surface area contributed by atoms with Crippen molar-refractivity contribution >= 4 is 44.1 Å². The summed E-state index contributed by atoms with van der Waals surface area (Å²) in [4.78, 5) is 27.6. The van der Waals surface area contributed by atoms with Crippen LogP contribution in [0.15, 0.2) is 88.8 Å². The lowest BCUT2D eigenvalue weighted by Gasteiger charge is -2.12. The molecule has 36 heavy (non-hydrogen) atoms. The highest BCUT2D eigenvalue weighted by atomic mass is 32.2. The van der Waals surface area contributed by atoms with E-state index in [1.165, 1.54) is 41.2 Å². The van der Waals surface area contributed by atoms with Gasteiger partial charge >= 0.3 is 5.69 Å². The van der Waals surface area contributed by atoms with Crippen LogP contribution in [0.1, 0.15) is 0 Å². The van der Waals surface area contributed by atoms with Gasteiger partial charge in [0.25, 0.3) is 10.0 Å². The van der Waals surface area contributed by atoms with Gasteiger partial charge in [-0.05, 0) is 54.6 Å². The Hall–Kier alpha value is -4.79. The summed E-state index contributed by atoms with van der Waals surface area (Å²) in [5, 5.41) is 20.9. The molecular weight excluding hydrogens is 488 g/mol. The van der Waals surface area contributed by atoms with E-state index in [4.69, 9.17) is 10.4 Å². The van der Waals surface area contributed by atoms with Gasteiger partial charge in [-0.15, -0.1) is 5.23 Å². The molecule has 0 aliphatic rings. The maximum absolute atomic E-state index is 12.7. The number of benzene rings is 3. The summed E-state index contributed by atoms with van der Waals surface area (Å²) in [7, 11) is -3.95. The first kappa shape index (κ1) is 23.0. The number of nitrogens with zero attached hydrogens (tertiary/aromatic N) is 5. The van der Waals surface area contributed by atoms with Crippen LogP contribution in [-0.4, -0.2) is 43.3 Å². The lowest BCUT2D eigenvalue weighted by molar-refractivity contribution is 0.0291. The molecule has 0 amide bonds. The van der Waals surface area contributed by atoms with E-state index in [0.717, 1.165) is 0 Å². The lowest BCUT2D eigenvalue weighted by atomic mass is 10.3. The third-order valence-corrected chi connectivity index (χ3v) is 6.49. The Balaban J connectivity index is 1.38. The largest absolute Gasteiger partial charge is 0.333 e. The van der Waals surface area contributed by atoms with E-state index >= 15 is 0 Å². The van der Waals surface area contributed by atoms with Gasteiger partial charge in [0, 0.05) is 5.69 Å². The van der Waals surface area contributed by atoms with Crippen molar-refractivity contribution < 1.29 is 18.8 Å². The molecule has 0 bridgehead atoms. The molecule has 5 aromatic rings. The molecule has 2 heterocycles. The number of fused-ring (bicyclic) bond motifs is 1. The number of sulfonamides is 1. The zero-order valence-electron chi connectivity index (χ0n) is 18.3. The molecule has 0 fully saturated rings. The Morgan fingerprint density at radius 3 is 2.44 bits per heavy atom. The Labute approximate surface area is 203 Å². The van der Waals surface area contributed by atoms with Gasteiger partial charge in [-0.1, -0.05) is 18.2 Å². The first-order valence-electron chi connectivity index (χ1n) is 10.4. The predicted molar refractivity (Wildman–Crippen MR) is 130 cm³/mol. The molecule has 0 unspecified atom stereocenters. The van der Waals surface area contributed by atoms with Crippen LogP contribution in [0.4, 0.5) is 23.0 Å². The van der Waals surface area contributed by atoms with Crippen molar-refractivity contribution in [1.29, 1.82) is 0 Å². The van der Waals surface area contributed by atoms with Crippen LogP contribution in [0, 0.1) is 0 Å². The zero-order chi connectivity index (χ0) is 25.3. The van der Waals surface area contributed by atoms with Gasteiger partial charge in [0.15, 0.2) is 0 Å². The van der Waals surface area contributed by atoms with Gasteiger partial charge in [0.05, 0.1) is 27.3 Å². The molecule has 182 valence electrons. The van der Waals surface area contributed by atoms with Crippen molar-refractivity contribution in [3.8, 4) is 5.95 Å². The Morgan fingerprint density at radius 1 is 0.917 bits per heavy atom. The minimum Gasteiger partial charge on any atom is -0.324 e. The smallest absolute Gasteiger partial charge is 0.324 e. The molecule has 5 N–H and O–H groups in total. The normalized spacial score (nSPS) is 11.4. The fraction of sp³-hybridized carbons (Fsp3) is 0. The number of nitrogens with one attached hydrogen (secondary N) is 3. The quantitative estimate of drug-likeness (QED) is 0.206. The molecule has 0 atom stereocenters. The number of para-hydroxylation sites is 2. The minimum atomic E-state index is -3.95. The number of aromatic nitrogens is 5. The Bertz CT molecular complexity index is 1710. The average molecular weight is 507 g/mol. The number of hydrogen-bond donors (Lipinski definition) is 5. The van der Waals surface area contributed by atoms with Crippen LogP contribution in [0.25, 0.3) is 17.0 Å². The van der Waals surface area contributed by atoms with Crippen LogP contribution < -0.4 is 21.0 Å². The van der Waals surface area contributed by atoms with Crippen molar-refractivity contribution in [2.45, 2.75) is 4.90 Å². The summed E-state index contributed by atoms with van der Waals surface area (Å²) < 4.78 is 29.2. The van der Waals surface area contributed by atoms with Gasteiger partial charge < -0.3 is 10.3 Å². The van der Waals surface area contributed by atoms with Crippen LogP contribution in [0.2, 0.25) is 0 Å². The van der Waals surface area contributed by atoms with Gasteiger partial charge in [-0.2, -0.15) is 4.98 Å². The van der Waals surface area contributed by atoms with Crippen LogP contribution >= 0.6 is 0 Å². The molecule has 0 saturated heterocycles. The molecule has 14 heteroatoms. The van der Waals surface area contributed by atoms with Crippen LogP contribution in [0.3, 0.4) is 0 Å². The highest BCUT2D eigenvalue weighted by Gasteiger charge is 2.16. The fourth-order valence-electron chi connectivity index (χ4n) is 3.47. The van der Waals surface area contributed by atoms with Gasteiger partial charge in [0.1, 0.15) is 6.33 Å². The molecule has 13 nitrogen and oxygen atoms in total. The number of hydrogen-bond acceptors (Lipinski definition) is 10. The van der Waals surface area contributed by atoms with Crippen molar-refractivity contribution in [3.63, 3.8) is 0 Å². The van der Waals surface area contributed by atoms with Crippen molar-refractivity contribution in [2.75, 3.05) is 15.3 Å². The summed E-state index contributed by atoms with van der Waals surface area (Å²) in [5.74, 6) is 0.255. The first-order chi connectivity index (χ1) is 17.3. The van der Waals surface area contributed by atoms with Crippen molar-refractivity contribution in [3.05, 3.63) is 89.6 Å². The Morgan fingerprint density at radius 2 is 1.67 bits per heavy atom. The topological polar surface area (TPSA) is 178 Å².